The number of rotatable bonds is 6. The van der Waals surface area contributed by atoms with Gasteiger partial charge in [0.1, 0.15) is 19.0 Å². The van der Waals surface area contributed by atoms with Gasteiger partial charge in [-0.1, -0.05) is 0 Å². The molecule has 0 bridgehead atoms. The molecule has 0 saturated carbocycles. The van der Waals surface area contributed by atoms with Crippen LogP contribution in [0, 0.1) is 0 Å². The highest BCUT2D eigenvalue weighted by atomic mass is 32.2. The van der Waals surface area contributed by atoms with Crippen LogP contribution in [0.1, 0.15) is 0 Å². The summed E-state index contributed by atoms with van der Waals surface area (Å²) in [5, 5.41) is 0. The van der Waals surface area contributed by atoms with Crippen molar-refractivity contribution in [3.05, 3.63) is 0 Å². The van der Waals surface area contributed by atoms with Crippen molar-refractivity contribution in [2.45, 2.75) is 12.2 Å². The van der Waals surface area contributed by atoms with E-state index >= 15 is 0 Å². The van der Waals surface area contributed by atoms with Crippen LogP contribution in [0.2, 0.25) is 0 Å². The summed E-state index contributed by atoms with van der Waals surface area (Å²) in [6.07, 6.45) is 0.466. The molecule has 17 heavy (non-hydrogen) atoms. The van der Waals surface area contributed by atoms with E-state index in [1.165, 1.54) is 0 Å². The Morgan fingerprint density at radius 3 is 1.59 bits per heavy atom. The van der Waals surface area contributed by atoms with Gasteiger partial charge in [0.2, 0.25) is 0 Å². The third kappa shape index (κ3) is 6.29. The van der Waals surface area contributed by atoms with E-state index in [0.717, 1.165) is 12.5 Å². The molecule has 10 heteroatoms. The standard InChI is InChI=1S/C7H14O8S2/c1-16(8,9)14-3-6-7(13-5-12-6)4-15-17(2,10)11/h6-7H,3-5H2,1-2H3. The van der Waals surface area contributed by atoms with E-state index in [-0.39, 0.29) is 20.0 Å². The minimum atomic E-state index is -3.57. The van der Waals surface area contributed by atoms with E-state index in [1.807, 2.05) is 0 Å². The topological polar surface area (TPSA) is 105 Å². The number of hydrogen-bond donors (Lipinski definition) is 0. The highest BCUT2D eigenvalue weighted by molar-refractivity contribution is 7.86. The quantitative estimate of drug-likeness (QED) is 0.555. The minimum absolute atomic E-state index is 0.0599. The monoisotopic (exact) mass is 290 g/mol. The average molecular weight is 290 g/mol. The summed E-state index contributed by atoms with van der Waals surface area (Å²) >= 11 is 0. The Hall–Kier alpha value is -0.260. The Kier molecular flexibility index (Phi) is 4.86. The van der Waals surface area contributed by atoms with Gasteiger partial charge in [-0.3, -0.25) is 8.37 Å². The normalized spacial score (nSPS) is 26.2. The molecule has 0 spiro atoms. The molecule has 0 aromatic rings. The van der Waals surface area contributed by atoms with Gasteiger partial charge in [0.05, 0.1) is 25.7 Å². The van der Waals surface area contributed by atoms with Crippen LogP contribution in [0.3, 0.4) is 0 Å². The lowest BCUT2D eigenvalue weighted by Crippen LogP contribution is -2.33. The predicted molar refractivity (Wildman–Crippen MR) is 56.2 cm³/mol. The molecule has 1 rings (SSSR count). The van der Waals surface area contributed by atoms with Gasteiger partial charge in [0, 0.05) is 0 Å². The van der Waals surface area contributed by atoms with Crippen molar-refractivity contribution in [1.82, 2.24) is 0 Å². The largest absolute Gasteiger partial charge is 0.347 e. The van der Waals surface area contributed by atoms with E-state index in [9.17, 15) is 16.8 Å². The van der Waals surface area contributed by atoms with Crippen LogP contribution in [0.25, 0.3) is 0 Å². The summed E-state index contributed by atoms with van der Waals surface area (Å²) in [4.78, 5) is 0. The molecule has 102 valence electrons. The van der Waals surface area contributed by atoms with Gasteiger partial charge < -0.3 is 9.47 Å². The van der Waals surface area contributed by atoms with Gasteiger partial charge >= 0.3 is 0 Å². The van der Waals surface area contributed by atoms with E-state index in [4.69, 9.17) is 9.47 Å². The minimum Gasteiger partial charge on any atom is -0.347 e. The summed E-state index contributed by atoms with van der Waals surface area (Å²) in [7, 11) is -7.15. The zero-order valence-electron chi connectivity index (χ0n) is 9.36. The van der Waals surface area contributed by atoms with Gasteiger partial charge in [-0.25, -0.2) is 0 Å². The fourth-order valence-corrected chi connectivity index (χ4v) is 1.88. The zero-order chi connectivity index (χ0) is 13.1. The second-order valence-electron chi connectivity index (χ2n) is 3.51. The Morgan fingerprint density at radius 1 is 0.941 bits per heavy atom. The molecule has 1 aliphatic heterocycles. The Labute approximate surface area is 100 Å². The fourth-order valence-electron chi connectivity index (χ4n) is 1.12. The maximum atomic E-state index is 10.8. The van der Waals surface area contributed by atoms with Crippen LogP contribution in [-0.2, 0) is 38.1 Å². The Balaban J connectivity index is 2.44. The van der Waals surface area contributed by atoms with Crippen LogP contribution in [-0.4, -0.2) is 61.6 Å². The summed E-state index contributed by atoms with van der Waals surface area (Å²) in [5.41, 5.74) is 0. The highest BCUT2D eigenvalue weighted by Gasteiger charge is 2.31. The van der Waals surface area contributed by atoms with Crippen LogP contribution < -0.4 is 0 Å². The first kappa shape index (κ1) is 14.8. The molecule has 0 aromatic heterocycles. The number of ether oxygens (including phenoxy) is 2. The van der Waals surface area contributed by atoms with E-state index in [1.54, 1.807) is 0 Å². The first-order chi connectivity index (χ1) is 7.67. The van der Waals surface area contributed by atoms with Gasteiger partial charge in [-0.15, -0.1) is 0 Å². The molecule has 1 heterocycles. The summed E-state index contributed by atoms with van der Waals surface area (Å²) < 4.78 is 62.2. The third-order valence-corrected chi connectivity index (χ3v) is 3.00. The fraction of sp³-hybridized carbons (Fsp3) is 1.00. The second kappa shape index (κ2) is 5.59. The summed E-state index contributed by atoms with van der Waals surface area (Å²) in [6, 6.07) is 0. The van der Waals surface area contributed by atoms with Crippen molar-refractivity contribution in [2.24, 2.45) is 0 Å². The first-order valence-corrected chi connectivity index (χ1v) is 8.23. The van der Waals surface area contributed by atoms with Gasteiger partial charge in [-0.05, 0) is 0 Å². The van der Waals surface area contributed by atoms with Crippen molar-refractivity contribution in [1.29, 1.82) is 0 Å². The third-order valence-electron chi connectivity index (χ3n) is 1.87. The van der Waals surface area contributed by atoms with E-state index in [0.29, 0.717) is 0 Å². The van der Waals surface area contributed by atoms with Crippen LogP contribution >= 0.6 is 0 Å². The molecule has 0 radical (unpaired) electrons. The molecule has 8 nitrogen and oxygen atoms in total. The lowest BCUT2D eigenvalue weighted by atomic mass is 10.2. The van der Waals surface area contributed by atoms with E-state index < -0.39 is 32.4 Å². The first-order valence-electron chi connectivity index (χ1n) is 4.59. The van der Waals surface area contributed by atoms with Gasteiger partial charge in [0.15, 0.2) is 0 Å². The molecule has 1 aliphatic rings. The van der Waals surface area contributed by atoms with Crippen molar-refractivity contribution >= 4 is 20.2 Å². The molecule has 2 unspecified atom stereocenters. The van der Waals surface area contributed by atoms with Gasteiger partial charge in [-0.2, -0.15) is 16.8 Å². The second-order valence-corrected chi connectivity index (χ2v) is 6.79. The smallest absolute Gasteiger partial charge is 0.264 e. The maximum absolute atomic E-state index is 10.8. The van der Waals surface area contributed by atoms with Crippen LogP contribution in [0.5, 0.6) is 0 Å². The lowest BCUT2D eigenvalue weighted by Gasteiger charge is -2.15. The Bertz CT molecular complexity index is 396. The van der Waals surface area contributed by atoms with Crippen molar-refractivity contribution < 1.29 is 34.7 Å². The molecule has 2 atom stereocenters. The average Bonchev–Trinajstić information content (AvgIpc) is 2.56. The molecular formula is C7H14O8S2. The summed E-state index contributed by atoms with van der Waals surface area (Å²) in [5.74, 6) is 0. The molecule has 0 aromatic carbocycles. The molecular weight excluding hydrogens is 276 g/mol. The van der Waals surface area contributed by atoms with Crippen molar-refractivity contribution in [2.75, 3.05) is 32.5 Å². The lowest BCUT2D eigenvalue weighted by molar-refractivity contribution is 0.0270. The summed E-state index contributed by atoms with van der Waals surface area (Å²) in [6.45, 7) is -0.539. The zero-order valence-corrected chi connectivity index (χ0v) is 11.0. The molecule has 0 aliphatic carbocycles. The predicted octanol–water partition coefficient (Wildman–Crippen LogP) is -1.32. The highest BCUT2D eigenvalue weighted by Crippen LogP contribution is 2.15. The molecule has 0 N–H and O–H groups in total. The van der Waals surface area contributed by atoms with Crippen molar-refractivity contribution in [3.8, 4) is 0 Å². The van der Waals surface area contributed by atoms with Gasteiger partial charge in [0.25, 0.3) is 20.2 Å². The SMILES string of the molecule is CS(=O)(=O)OCC1OCOC1COS(C)(=O)=O. The van der Waals surface area contributed by atoms with E-state index in [2.05, 4.69) is 8.37 Å². The van der Waals surface area contributed by atoms with Crippen LogP contribution in [0.4, 0.5) is 0 Å². The molecule has 0 amide bonds. The molecule has 1 saturated heterocycles. The number of hydrogen-bond acceptors (Lipinski definition) is 8. The maximum Gasteiger partial charge on any atom is 0.264 e. The van der Waals surface area contributed by atoms with Crippen LogP contribution in [0.15, 0.2) is 0 Å². The van der Waals surface area contributed by atoms with Crippen molar-refractivity contribution in [3.63, 3.8) is 0 Å². The molecule has 1 fully saturated rings. The Morgan fingerprint density at radius 2 is 1.29 bits per heavy atom.